The first-order chi connectivity index (χ1) is 8.50. The number of nitrogens with zero attached hydrogens (tertiary/aromatic N) is 1. The Kier molecular flexibility index (Phi) is 6.12. The van der Waals surface area contributed by atoms with Gasteiger partial charge >= 0.3 is 0 Å². The summed E-state index contributed by atoms with van der Waals surface area (Å²) in [6.45, 7) is 0. The van der Waals surface area contributed by atoms with Crippen molar-refractivity contribution in [1.29, 1.82) is 0 Å². The van der Waals surface area contributed by atoms with Crippen molar-refractivity contribution in [2.45, 2.75) is 57.0 Å². The zero-order valence-electron chi connectivity index (χ0n) is 11.4. The van der Waals surface area contributed by atoms with Crippen LogP contribution in [0.15, 0.2) is 0 Å². The highest BCUT2D eigenvalue weighted by atomic mass is 16.2. The Labute approximate surface area is 109 Å². The fourth-order valence-electron chi connectivity index (χ4n) is 2.33. The van der Waals surface area contributed by atoms with Crippen LogP contribution in [0.1, 0.15) is 44.9 Å². The smallest absolute Gasteiger partial charge is 0.235 e. The van der Waals surface area contributed by atoms with Crippen LogP contribution in [0.25, 0.3) is 0 Å². The summed E-state index contributed by atoms with van der Waals surface area (Å²) in [4.78, 5) is 24.5. The molecule has 0 aromatic rings. The fourth-order valence-corrected chi connectivity index (χ4v) is 2.33. The van der Waals surface area contributed by atoms with Gasteiger partial charge in [-0.2, -0.15) is 0 Å². The van der Waals surface area contributed by atoms with Gasteiger partial charge < -0.3 is 16.0 Å². The number of carbonyl (C=O) groups is 2. The van der Waals surface area contributed by atoms with E-state index in [2.05, 4.69) is 5.32 Å². The zero-order chi connectivity index (χ0) is 13.5. The zero-order valence-corrected chi connectivity index (χ0v) is 11.4. The molecule has 1 rings (SSSR count). The van der Waals surface area contributed by atoms with E-state index >= 15 is 0 Å². The van der Waals surface area contributed by atoms with E-state index in [1.54, 1.807) is 14.1 Å². The van der Waals surface area contributed by atoms with Crippen LogP contribution < -0.4 is 11.1 Å². The van der Waals surface area contributed by atoms with Crippen LogP contribution in [-0.2, 0) is 9.59 Å². The van der Waals surface area contributed by atoms with Gasteiger partial charge in [0.05, 0.1) is 12.5 Å². The Bertz CT molecular complexity index is 284. The van der Waals surface area contributed by atoms with E-state index in [1.807, 2.05) is 0 Å². The summed E-state index contributed by atoms with van der Waals surface area (Å²) in [6, 6.07) is -0.219. The topological polar surface area (TPSA) is 75.4 Å². The largest absolute Gasteiger partial charge is 0.368 e. The van der Waals surface area contributed by atoms with E-state index in [1.165, 1.54) is 30.6 Å². The molecule has 5 nitrogen and oxygen atoms in total. The normalized spacial score (nSPS) is 19.0. The molecule has 3 N–H and O–H groups in total. The first-order valence-corrected chi connectivity index (χ1v) is 6.76. The van der Waals surface area contributed by atoms with Crippen molar-refractivity contribution < 1.29 is 9.59 Å². The molecule has 0 aromatic heterocycles. The minimum atomic E-state index is -0.539. The van der Waals surface area contributed by atoms with Crippen LogP contribution in [0.4, 0.5) is 0 Å². The predicted molar refractivity (Wildman–Crippen MR) is 70.9 cm³/mol. The number of hydrogen-bond acceptors (Lipinski definition) is 3. The minimum Gasteiger partial charge on any atom is -0.368 e. The highest BCUT2D eigenvalue weighted by Crippen LogP contribution is 2.18. The maximum Gasteiger partial charge on any atom is 0.235 e. The van der Waals surface area contributed by atoms with Gasteiger partial charge in [0.15, 0.2) is 0 Å². The maximum absolute atomic E-state index is 11.6. The van der Waals surface area contributed by atoms with Crippen LogP contribution in [0.3, 0.4) is 0 Å². The van der Waals surface area contributed by atoms with Crippen LogP contribution in [-0.4, -0.2) is 42.9 Å². The van der Waals surface area contributed by atoms with Crippen LogP contribution in [0, 0.1) is 0 Å². The molecule has 18 heavy (non-hydrogen) atoms. The third kappa shape index (κ3) is 5.04. The molecular weight excluding hydrogens is 230 g/mol. The number of hydrogen-bond donors (Lipinski definition) is 2. The summed E-state index contributed by atoms with van der Waals surface area (Å²) in [5, 5.41) is 3.26. The minimum absolute atomic E-state index is 0.0695. The van der Waals surface area contributed by atoms with Gasteiger partial charge in [-0.05, 0) is 12.8 Å². The van der Waals surface area contributed by atoms with Crippen molar-refractivity contribution in [3.05, 3.63) is 0 Å². The summed E-state index contributed by atoms with van der Waals surface area (Å²) >= 11 is 0. The van der Waals surface area contributed by atoms with Crippen LogP contribution in [0.2, 0.25) is 0 Å². The first kappa shape index (κ1) is 15.0. The van der Waals surface area contributed by atoms with Crippen LogP contribution >= 0.6 is 0 Å². The molecule has 104 valence electrons. The number of primary amides is 1. The van der Waals surface area contributed by atoms with Gasteiger partial charge in [-0.1, -0.05) is 25.7 Å². The second-order valence-electron chi connectivity index (χ2n) is 5.30. The van der Waals surface area contributed by atoms with Gasteiger partial charge in [0.2, 0.25) is 11.8 Å². The molecule has 1 unspecified atom stereocenters. The molecule has 1 saturated carbocycles. The third-order valence-corrected chi connectivity index (χ3v) is 3.51. The predicted octanol–water partition coefficient (Wildman–Crippen LogP) is 0.631. The molecule has 5 heteroatoms. The quantitative estimate of drug-likeness (QED) is 0.708. The van der Waals surface area contributed by atoms with E-state index in [4.69, 9.17) is 5.73 Å². The Morgan fingerprint density at radius 3 is 2.22 bits per heavy atom. The summed E-state index contributed by atoms with van der Waals surface area (Å²) in [6.07, 6.45) is 7.18. The van der Waals surface area contributed by atoms with E-state index in [-0.39, 0.29) is 12.3 Å². The average molecular weight is 255 g/mol. The van der Waals surface area contributed by atoms with Crippen LogP contribution in [0.5, 0.6) is 0 Å². The lowest BCUT2D eigenvalue weighted by Gasteiger charge is -2.23. The van der Waals surface area contributed by atoms with Crippen molar-refractivity contribution in [1.82, 2.24) is 10.2 Å². The SMILES string of the molecule is CN(C)C(=O)CC(NC1CCCCCC1)C(N)=O. The van der Waals surface area contributed by atoms with E-state index in [9.17, 15) is 9.59 Å². The highest BCUT2D eigenvalue weighted by molar-refractivity contribution is 5.87. The van der Waals surface area contributed by atoms with Gasteiger partial charge in [0.25, 0.3) is 0 Å². The summed E-state index contributed by atoms with van der Waals surface area (Å²) in [7, 11) is 3.37. The molecule has 0 spiro atoms. The van der Waals surface area contributed by atoms with Gasteiger partial charge in [0, 0.05) is 20.1 Å². The molecule has 0 bridgehead atoms. The Balaban J connectivity index is 2.51. The molecule has 1 aliphatic carbocycles. The number of nitrogens with one attached hydrogen (secondary N) is 1. The van der Waals surface area contributed by atoms with Crippen molar-refractivity contribution in [2.75, 3.05) is 14.1 Å². The molecule has 1 aliphatic rings. The lowest BCUT2D eigenvalue weighted by atomic mass is 10.1. The number of amides is 2. The lowest BCUT2D eigenvalue weighted by Crippen LogP contribution is -2.48. The monoisotopic (exact) mass is 255 g/mol. The summed E-state index contributed by atoms with van der Waals surface area (Å²) in [5.74, 6) is -0.505. The van der Waals surface area contributed by atoms with Gasteiger partial charge in [-0.3, -0.25) is 9.59 Å². The molecule has 1 atom stereocenters. The molecule has 0 aliphatic heterocycles. The number of rotatable bonds is 5. The molecule has 1 fully saturated rings. The maximum atomic E-state index is 11.6. The first-order valence-electron chi connectivity index (χ1n) is 6.76. The second-order valence-corrected chi connectivity index (χ2v) is 5.30. The summed E-state index contributed by atoms with van der Waals surface area (Å²) < 4.78 is 0. The average Bonchev–Trinajstić information content (AvgIpc) is 2.56. The Morgan fingerprint density at radius 1 is 1.22 bits per heavy atom. The molecule has 0 saturated heterocycles. The molecule has 0 heterocycles. The van der Waals surface area contributed by atoms with Gasteiger partial charge in [0.1, 0.15) is 0 Å². The molecule has 2 amide bonds. The Hall–Kier alpha value is -1.10. The third-order valence-electron chi connectivity index (χ3n) is 3.51. The molecule has 0 aromatic carbocycles. The van der Waals surface area contributed by atoms with Crippen molar-refractivity contribution >= 4 is 11.8 Å². The van der Waals surface area contributed by atoms with E-state index < -0.39 is 11.9 Å². The van der Waals surface area contributed by atoms with E-state index in [0.29, 0.717) is 6.04 Å². The highest BCUT2D eigenvalue weighted by Gasteiger charge is 2.24. The van der Waals surface area contributed by atoms with E-state index in [0.717, 1.165) is 12.8 Å². The number of carbonyl (C=O) groups excluding carboxylic acids is 2. The summed E-state index contributed by atoms with van der Waals surface area (Å²) in [5.41, 5.74) is 5.37. The van der Waals surface area contributed by atoms with Crippen molar-refractivity contribution in [2.24, 2.45) is 5.73 Å². The lowest BCUT2D eigenvalue weighted by molar-refractivity contribution is -0.132. The van der Waals surface area contributed by atoms with Crippen molar-refractivity contribution in [3.8, 4) is 0 Å². The van der Waals surface area contributed by atoms with Crippen molar-refractivity contribution in [3.63, 3.8) is 0 Å². The Morgan fingerprint density at radius 2 is 1.78 bits per heavy atom. The standard InChI is InChI=1S/C13H25N3O2/c1-16(2)12(17)9-11(13(14)18)15-10-7-5-3-4-6-8-10/h10-11,15H,3-9H2,1-2H3,(H2,14,18). The fraction of sp³-hybridized carbons (Fsp3) is 0.846. The van der Waals surface area contributed by atoms with Gasteiger partial charge in [-0.15, -0.1) is 0 Å². The molecular formula is C13H25N3O2. The second kappa shape index (κ2) is 7.36. The molecule has 0 radical (unpaired) electrons. The number of nitrogens with two attached hydrogens (primary N) is 1. The van der Waals surface area contributed by atoms with Gasteiger partial charge in [-0.25, -0.2) is 0 Å².